The van der Waals surface area contributed by atoms with E-state index in [2.05, 4.69) is 33.1 Å². The molecule has 1 nitrogen and oxygen atoms in total. The highest BCUT2D eigenvalue weighted by Crippen LogP contribution is 2.15. The summed E-state index contributed by atoms with van der Waals surface area (Å²) in [4.78, 5) is 0. The van der Waals surface area contributed by atoms with Crippen molar-refractivity contribution >= 4 is 8.32 Å². The maximum absolute atomic E-state index is 5.79. The van der Waals surface area contributed by atoms with Gasteiger partial charge in [-0.3, -0.25) is 0 Å². The predicted octanol–water partition coefficient (Wildman–Crippen LogP) is 4.71. The zero-order chi connectivity index (χ0) is 11.0. The Morgan fingerprint density at radius 3 is 2.14 bits per heavy atom. The lowest BCUT2D eigenvalue weighted by atomic mass is 10.1. The third-order valence-corrected chi connectivity index (χ3v) is 2.91. The van der Waals surface area contributed by atoms with Crippen molar-refractivity contribution in [3.63, 3.8) is 0 Å². The lowest BCUT2D eigenvalue weighted by Crippen LogP contribution is -2.24. The molecule has 0 unspecified atom stereocenters. The van der Waals surface area contributed by atoms with E-state index in [0.717, 1.165) is 12.2 Å². The lowest BCUT2D eigenvalue weighted by molar-refractivity contribution is 0.394. The van der Waals surface area contributed by atoms with Crippen LogP contribution in [0, 0.1) is 0 Å². The van der Waals surface area contributed by atoms with Gasteiger partial charge in [-0.1, -0.05) is 39.2 Å². The Kier molecular flexibility index (Phi) is 6.98. The Labute approximate surface area is 90.7 Å². The molecular weight excluding hydrogens is 188 g/mol. The van der Waals surface area contributed by atoms with Crippen molar-refractivity contribution in [1.82, 2.24) is 0 Å². The average molecular weight is 214 g/mol. The molecule has 0 saturated heterocycles. The van der Waals surface area contributed by atoms with Crippen LogP contribution in [0.15, 0.2) is 12.3 Å². The van der Waals surface area contributed by atoms with E-state index < -0.39 is 8.32 Å². The molecule has 0 radical (unpaired) electrons. The Bertz CT molecular complexity index is 158. The summed E-state index contributed by atoms with van der Waals surface area (Å²) in [6.07, 6.45) is 7.64. The Morgan fingerprint density at radius 2 is 1.64 bits per heavy atom. The van der Waals surface area contributed by atoms with Crippen LogP contribution in [0.4, 0.5) is 0 Å². The van der Waals surface area contributed by atoms with E-state index in [1.54, 1.807) is 0 Å². The molecule has 0 saturated carbocycles. The van der Waals surface area contributed by atoms with Crippen molar-refractivity contribution in [1.29, 1.82) is 0 Å². The van der Waals surface area contributed by atoms with E-state index >= 15 is 0 Å². The summed E-state index contributed by atoms with van der Waals surface area (Å²) in [6, 6.07) is 0. The first-order valence-corrected chi connectivity index (χ1v) is 9.23. The van der Waals surface area contributed by atoms with Gasteiger partial charge in [0.1, 0.15) is 0 Å². The zero-order valence-electron chi connectivity index (χ0n) is 10.4. The molecular formula is C12H26OSi. The summed E-state index contributed by atoms with van der Waals surface area (Å²) < 4.78 is 5.79. The molecule has 0 aliphatic carbocycles. The molecule has 0 aromatic rings. The van der Waals surface area contributed by atoms with Gasteiger partial charge in [-0.25, -0.2) is 0 Å². The normalized spacial score (nSPS) is 11.4. The predicted molar refractivity (Wildman–Crippen MR) is 66.9 cm³/mol. The molecule has 0 atom stereocenters. The summed E-state index contributed by atoms with van der Waals surface area (Å²) in [6.45, 7) is 12.8. The van der Waals surface area contributed by atoms with Crippen molar-refractivity contribution < 1.29 is 4.43 Å². The number of hydrogen-bond donors (Lipinski definition) is 0. The summed E-state index contributed by atoms with van der Waals surface area (Å²) in [5.41, 5.74) is 0. The van der Waals surface area contributed by atoms with Crippen LogP contribution in [-0.4, -0.2) is 8.32 Å². The number of rotatable bonds is 8. The molecule has 0 spiro atoms. The first-order valence-electron chi connectivity index (χ1n) is 5.82. The molecule has 84 valence electrons. The standard InChI is InChI=1S/C12H26OSi/c1-6-7-8-9-10-11-12(2)13-14(3,4)5/h2,6-11H2,1,3-5H3. The molecule has 0 heterocycles. The molecule has 0 aromatic carbocycles. The lowest BCUT2D eigenvalue weighted by Gasteiger charge is -2.20. The number of hydrogen-bond acceptors (Lipinski definition) is 1. The maximum Gasteiger partial charge on any atom is 0.241 e. The molecule has 2 heteroatoms. The van der Waals surface area contributed by atoms with Crippen LogP contribution >= 0.6 is 0 Å². The van der Waals surface area contributed by atoms with Crippen molar-refractivity contribution in [2.75, 3.05) is 0 Å². The first kappa shape index (κ1) is 13.8. The van der Waals surface area contributed by atoms with E-state index in [0.29, 0.717) is 0 Å². The number of unbranched alkanes of at least 4 members (excludes halogenated alkanes) is 4. The van der Waals surface area contributed by atoms with Gasteiger partial charge in [0, 0.05) is 6.42 Å². The van der Waals surface area contributed by atoms with Crippen LogP contribution in [0.5, 0.6) is 0 Å². The van der Waals surface area contributed by atoms with Crippen LogP contribution in [0.3, 0.4) is 0 Å². The van der Waals surface area contributed by atoms with Crippen LogP contribution in [-0.2, 0) is 4.43 Å². The SMILES string of the molecule is C=C(CCCCCCC)O[Si](C)(C)C. The summed E-state index contributed by atoms with van der Waals surface area (Å²) >= 11 is 0. The van der Waals surface area contributed by atoms with Crippen molar-refractivity contribution in [2.45, 2.75) is 65.1 Å². The molecule has 14 heavy (non-hydrogen) atoms. The van der Waals surface area contributed by atoms with E-state index in [1.807, 2.05) is 0 Å². The van der Waals surface area contributed by atoms with Crippen molar-refractivity contribution in [3.05, 3.63) is 12.3 Å². The Balaban J connectivity index is 3.36. The second-order valence-corrected chi connectivity index (χ2v) is 9.35. The van der Waals surface area contributed by atoms with Gasteiger partial charge in [-0.05, 0) is 26.1 Å². The van der Waals surface area contributed by atoms with Crippen molar-refractivity contribution in [3.8, 4) is 0 Å². The molecule has 0 bridgehead atoms. The summed E-state index contributed by atoms with van der Waals surface area (Å²) in [7, 11) is -1.40. The maximum atomic E-state index is 5.79. The van der Waals surface area contributed by atoms with Gasteiger partial charge in [0.15, 0.2) is 0 Å². The molecule has 0 fully saturated rings. The van der Waals surface area contributed by atoms with Crippen LogP contribution in [0.2, 0.25) is 19.6 Å². The third-order valence-electron chi connectivity index (χ3n) is 2.01. The van der Waals surface area contributed by atoms with Gasteiger partial charge < -0.3 is 4.43 Å². The number of allylic oxidation sites excluding steroid dienone is 1. The highest BCUT2D eigenvalue weighted by molar-refractivity contribution is 6.70. The Hall–Kier alpha value is -0.243. The van der Waals surface area contributed by atoms with Crippen LogP contribution in [0.25, 0.3) is 0 Å². The van der Waals surface area contributed by atoms with E-state index in [1.165, 1.54) is 32.1 Å². The van der Waals surface area contributed by atoms with Gasteiger partial charge in [-0.2, -0.15) is 0 Å². The minimum Gasteiger partial charge on any atom is -0.548 e. The minimum absolute atomic E-state index is 1.00. The van der Waals surface area contributed by atoms with Crippen LogP contribution < -0.4 is 0 Å². The van der Waals surface area contributed by atoms with Gasteiger partial charge in [0.05, 0.1) is 5.76 Å². The fourth-order valence-corrected chi connectivity index (χ4v) is 2.38. The van der Waals surface area contributed by atoms with Gasteiger partial charge in [0.25, 0.3) is 0 Å². The van der Waals surface area contributed by atoms with Crippen molar-refractivity contribution in [2.24, 2.45) is 0 Å². The Morgan fingerprint density at radius 1 is 1.07 bits per heavy atom. The highest BCUT2D eigenvalue weighted by Gasteiger charge is 2.16. The second-order valence-electron chi connectivity index (χ2n) is 4.92. The molecule has 0 aromatic heterocycles. The first-order chi connectivity index (χ1) is 6.45. The van der Waals surface area contributed by atoms with Crippen LogP contribution in [0.1, 0.15) is 45.4 Å². The third kappa shape index (κ3) is 9.84. The highest BCUT2D eigenvalue weighted by atomic mass is 28.4. The van der Waals surface area contributed by atoms with Gasteiger partial charge in [-0.15, -0.1) is 0 Å². The topological polar surface area (TPSA) is 9.23 Å². The summed E-state index contributed by atoms with van der Waals surface area (Å²) in [5.74, 6) is 1.00. The quantitative estimate of drug-likeness (QED) is 0.323. The second kappa shape index (κ2) is 7.10. The largest absolute Gasteiger partial charge is 0.548 e. The van der Waals surface area contributed by atoms with E-state index in [-0.39, 0.29) is 0 Å². The molecule has 0 rings (SSSR count). The molecule has 0 aliphatic heterocycles. The molecule has 0 aliphatic rings. The van der Waals surface area contributed by atoms with E-state index in [4.69, 9.17) is 4.43 Å². The smallest absolute Gasteiger partial charge is 0.241 e. The van der Waals surface area contributed by atoms with E-state index in [9.17, 15) is 0 Å². The van der Waals surface area contributed by atoms with Gasteiger partial charge >= 0.3 is 0 Å². The average Bonchev–Trinajstić information content (AvgIpc) is 2.00. The monoisotopic (exact) mass is 214 g/mol. The fourth-order valence-electron chi connectivity index (χ4n) is 1.41. The molecule has 0 N–H and O–H groups in total. The zero-order valence-corrected chi connectivity index (χ0v) is 11.4. The fraction of sp³-hybridized carbons (Fsp3) is 0.833. The summed E-state index contributed by atoms with van der Waals surface area (Å²) in [5, 5.41) is 0. The molecule has 0 amide bonds. The van der Waals surface area contributed by atoms with Gasteiger partial charge in [0.2, 0.25) is 8.32 Å². The minimum atomic E-state index is -1.40.